The summed E-state index contributed by atoms with van der Waals surface area (Å²) in [5, 5.41) is 9.97. The molecule has 2 saturated heterocycles. The van der Waals surface area contributed by atoms with Gasteiger partial charge in [-0.1, -0.05) is 6.42 Å². The minimum Gasteiger partial charge on any atom is -0.294 e. The normalized spacial score (nSPS) is 29.5. The number of rotatable bonds is 2. The van der Waals surface area contributed by atoms with Crippen LogP contribution in [0, 0.1) is 17.2 Å². The van der Waals surface area contributed by atoms with E-state index in [-0.39, 0.29) is 17.5 Å². The minimum atomic E-state index is 0.118. The van der Waals surface area contributed by atoms with Crippen LogP contribution in [0.4, 0.5) is 0 Å². The van der Waals surface area contributed by atoms with E-state index >= 15 is 0 Å². The molecule has 0 saturated carbocycles. The first-order valence-corrected chi connectivity index (χ1v) is 7.62. The lowest BCUT2D eigenvalue weighted by Crippen LogP contribution is -2.33. The van der Waals surface area contributed by atoms with Crippen LogP contribution in [0.15, 0.2) is 12.4 Å². The highest BCUT2D eigenvalue weighted by molar-refractivity contribution is 8.00. The molecule has 2 aliphatic heterocycles. The van der Waals surface area contributed by atoms with Gasteiger partial charge in [0.25, 0.3) is 0 Å². The molecule has 98 valence electrons. The van der Waals surface area contributed by atoms with Crippen LogP contribution in [0.25, 0.3) is 0 Å². The standard InChI is InChI=1S/C14H15N3OS/c15-6-13-16-7-10(8-17-13)14(18)9-4-11-2-1-3-12(5-9)19-11/h7-9,11-12H,1-5H2. The Morgan fingerprint density at radius 3 is 2.47 bits per heavy atom. The lowest BCUT2D eigenvalue weighted by atomic mass is 9.85. The predicted molar refractivity (Wildman–Crippen MR) is 72.8 cm³/mol. The van der Waals surface area contributed by atoms with Crippen molar-refractivity contribution in [3.05, 3.63) is 23.8 Å². The maximum absolute atomic E-state index is 12.5. The van der Waals surface area contributed by atoms with Crippen LogP contribution in [0.3, 0.4) is 0 Å². The third-order valence-electron chi connectivity index (χ3n) is 3.94. The van der Waals surface area contributed by atoms with Crippen molar-refractivity contribution in [2.45, 2.75) is 42.6 Å². The van der Waals surface area contributed by atoms with E-state index in [0.717, 1.165) is 12.8 Å². The van der Waals surface area contributed by atoms with Crippen molar-refractivity contribution in [3.63, 3.8) is 0 Å². The number of aromatic nitrogens is 2. The summed E-state index contributed by atoms with van der Waals surface area (Å²) in [6.45, 7) is 0. The van der Waals surface area contributed by atoms with Crippen LogP contribution < -0.4 is 0 Å². The van der Waals surface area contributed by atoms with Crippen LogP contribution in [-0.2, 0) is 0 Å². The van der Waals surface area contributed by atoms with Gasteiger partial charge in [0.2, 0.25) is 5.82 Å². The second-order valence-corrected chi connectivity index (χ2v) is 6.86. The molecule has 1 aromatic heterocycles. The largest absolute Gasteiger partial charge is 0.294 e. The molecule has 2 unspecified atom stereocenters. The van der Waals surface area contributed by atoms with E-state index in [4.69, 9.17) is 5.26 Å². The number of nitrogens with zero attached hydrogens (tertiary/aromatic N) is 3. The maximum atomic E-state index is 12.5. The van der Waals surface area contributed by atoms with Crippen molar-refractivity contribution in [2.75, 3.05) is 0 Å². The fourth-order valence-corrected chi connectivity index (χ4v) is 4.86. The molecule has 3 heterocycles. The number of carbonyl (C=O) groups excluding carboxylic acids is 1. The second kappa shape index (κ2) is 5.30. The van der Waals surface area contributed by atoms with E-state index in [1.54, 1.807) is 0 Å². The molecule has 4 nitrogen and oxygen atoms in total. The van der Waals surface area contributed by atoms with E-state index in [2.05, 4.69) is 21.7 Å². The van der Waals surface area contributed by atoms with Gasteiger partial charge in [-0.2, -0.15) is 17.0 Å². The molecule has 0 aliphatic carbocycles. The van der Waals surface area contributed by atoms with Crippen LogP contribution in [0.2, 0.25) is 0 Å². The zero-order valence-corrected chi connectivity index (χ0v) is 11.4. The van der Waals surface area contributed by atoms with Gasteiger partial charge >= 0.3 is 0 Å². The quantitative estimate of drug-likeness (QED) is 0.775. The van der Waals surface area contributed by atoms with E-state index < -0.39 is 0 Å². The van der Waals surface area contributed by atoms with Crippen molar-refractivity contribution >= 4 is 17.5 Å². The highest BCUT2D eigenvalue weighted by atomic mass is 32.2. The zero-order valence-electron chi connectivity index (χ0n) is 10.6. The average molecular weight is 273 g/mol. The number of hydrogen-bond acceptors (Lipinski definition) is 5. The van der Waals surface area contributed by atoms with Gasteiger partial charge < -0.3 is 0 Å². The van der Waals surface area contributed by atoms with Gasteiger partial charge in [0.15, 0.2) is 5.78 Å². The molecule has 19 heavy (non-hydrogen) atoms. The Labute approximate surface area is 116 Å². The highest BCUT2D eigenvalue weighted by Gasteiger charge is 2.36. The fourth-order valence-electron chi connectivity index (χ4n) is 3.02. The number of ketones is 1. The first kappa shape index (κ1) is 12.6. The third kappa shape index (κ3) is 2.64. The maximum Gasteiger partial charge on any atom is 0.232 e. The van der Waals surface area contributed by atoms with Crippen molar-refractivity contribution in [3.8, 4) is 6.07 Å². The number of Topliss-reactive ketones (excluding diaryl/α,β-unsaturated/α-hetero) is 1. The molecule has 2 fully saturated rings. The zero-order chi connectivity index (χ0) is 13.2. The van der Waals surface area contributed by atoms with Crippen LogP contribution in [0.5, 0.6) is 0 Å². The van der Waals surface area contributed by atoms with Gasteiger partial charge in [-0.25, -0.2) is 9.97 Å². The molecule has 3 rings (SSSR count). The molecule has 0 spiro atoms. The average Bonchev–Trinajstić information content (AvgIpc) is 2.46. The van der Waals surface area contributed by atoms with Gasteiger partial charge in [-0.15, -0.1) is 0 Å². The van der Waals surface area contributed by atoms with Crippen molar-refractivity contribution in [2.24, 2.45) is 5.92 Å². The smallest absolute Gasteiger partial charge is 0.232 e. The second-order valence-electron chi connectivity index (χ2n) is 5.25. The van der Waals surface area contributed by atoms with Gasteiger partial charge in [-0.05, 0) is 25.7 Å². The monoisotopic (exact) mass is 273 g/mol. The van der Waals surface area contributed by atoms with E-state index in [1.165, 1.54) is 31.7 Å². The summed E-state index contributed by atoms with van der Waals surface area (Å²) in [6, 6.07) is 1.87. The van der Waals surface area contributed by atoms with Gasteiger partial charge in [0, 0.05) is 28.8 Å². The Morgan fingerprint density at radius 2 is 1.89 bits per heavy atom. The Morgan fingerprint density at radius 1 is 1.26 bits per heavy atom. The molecule has 0 N–H and O–H groups in total. The molecule has 2 atom stereocenters. The first-order valence-electron chi connectivity index (χ1n) is 6.68. The SMILES string of the molecule is N#Cc1ncc(C(=O)C2CC3CCCC(C2)S3)cn1. The van der Waals surface area contributed by atoms with Crippen LogP contribution in [-0.4, -0.2) is 26.3 Å². The van der Waals surface area contributed by atoms with Gasteiger partial charge in [0.1, 0.15) is 6.07 Å². The summed E-state index contributed by atoms with van der Waals surface area (Å²) in [7, 11) is 0. The summed E-state index contributed by atoms with van der Waals surface area (Å²) < 4.78 is 0. The van der Waals surface area contributed by atoms with Crippen molar-refractivity contribution in [1.29, 1.82) is 5.26 Å². The summed E-state index contributed by atoms with van der Waals surface area (Å²) >= 11 is 2.07. The number of fused-ring (bicyclic) bond motifs is 2. The van der Waals surface area contributed by atoms with E-state index in [0.29, 0.717) is 16.1 Å². The predicted octanol–water partition coefficient (Wildman–Crippen LogP) is 2.60. The summed E-state index contributed by atoms with van der Waals surface area (Å²) in [5.41, 5.74) is 0.550. The van der Waals surface area contributed by atoms with E-state index in [9.17, 15) is 4.79 Å². The first-order chi connectivity index (χ1) is 9.26. The van der Waals surface area contributed by atoms with Crippen LogP contribution >= 0.6 is 11.8 Å². The van der Waals surface area contributed by atoms with Gasteiger partial charge in [0.05, 0.1) is 5.56 Å². The molecule has 5 heteroatoms. The third-order valence-corrected chi connectivity index (χ3v) is 5.57. The summed E-state index contributed by atoms with van der Waals surface area (Å²) in [6.07, 6.45) is 8.75. The summed E-state index contributed by atoms with van der Waals surface area (Å²) in [5.74, 6) is 0.391. The Kier molecular flexibility index (Phi) is 3.52. The molecule has 0 radical (unpaired) electrons. The molecular weight excluding hydrogens is 258 g/mol. The fraction of sp³-hybridized carbons (Fsp3) is 0.571. The minimum absolute atomic E-state index is 0.118. The van der Waals surface area contributed by atoms with Crippen LogP contribution in [0.1, 0.15) is 48.3 Å². The Balaban J connectivity index is 1.74. The molecular formula is C14H15N3OS. The Bertz CT molecular complexity index is 510. The number of thioether (sulfide) groups is 1. The number of nitriles is 1. The molecule has 2 bridgehead atoms. The Hall–Kier alpha value is -1.41. The number of hydrogen-bond donors (Lipinski definition) is 0. The lowest BCUT2D eigenvalue weighted by Gasteiger charge is -2.37. The topological polar surface area (TPSA) is 66.6 Å². The molecule has 0 aromatic carbocycles. The van der Waals surface area contributed by atoms with Crippen molar-refractivity contribution < 1.29 is 4.79 Å². The molecule has 0 amide bonds. The number of carbonyl (C=O) groups is 1. The van der Waals surface area contributed by atoms with E-state index in [1.807, 2.05) is 6.07 Å². The summed E-state index contributed by atoms with van der Waals surface area (Å²) in [4.78, 5) is 20.2. The molecule has 1 aromatic rings. The molecule has 2 aliphatic rings. The van der Waals surface area contributed by atoms with Gasteiger partial charge in [-0.3, -0.25) is 4.79 Å². The van der Waals surface area contributed by atoms with Crippen molar-refractivity contribution in [1.82, 2.24) is 9.97 Å². The highest BCUT2D eigenvalue weighted by Crippen LogP contribution is 2.44. The lowest BCUT2D eigenvalue weighted by molar-refractivity contribution is 0.0896.